The number of carbonyl (C=O) groups excluding carboxylic acids is 1. The minimum Gasteiger partial charge on any atom is -0.497 e. The van der Waals surface area contributed by atoms with Crippen LogP contribution >= 0.6 is 0 Å². The number of rotatable bonds is 7. The molecule has 0 radical (unpaired) electrons. The molecule has 0 spiro atoms. The molecule has 0 unspecified atom stereocenters. The van der Waals surface area contributed by atoms with Crippen molar-refractivity contribution in [2.75, 3.05) is 29.9 Å². The lowest BCUT2D eigenvalue weighted by molar-refractivity contribution is -0.122. The average Bonchev–Trinajstić information content (AvgIpc) is 2.84. The van der Waals surface area contributed by atoms with Gasteiger partial charge in [0.2, 0.25) is 0 Å². The molecule has 3 aromatic carbocycles. The van der Waals surface area contributed by atoms with Crippen LogP contribution in [0.4, 0.5) is 11.4 Å². The molecule has 0 fully saturated rings. The van der Waals surface area contributed by atoms with Gasteiger partial charge < -0.3 is 19.5 Å². The van der Waals surface area contributed by atoms with E-state index >= 15 is 0 Å². The summed E-state index contributed by atoms with van der Waals surface area (Å²) in [5.41, 5.74) is 1.74. The normalized spacial score (nSPS) is 15.1. The summed E-state index contributed by atoms with van der Waals surface area (Å²) in [6.45, 7) is 3.97. The fourth-order valence-corrected chi connectivity index (χ4v) is 5.14. The highest BCUT2D eigenvalue weighted by molar-refractivity contribution is 7.92. The molecule has 1 aliphatic rings. The Bertz CT molecular complexity index is 1290. The summed E-state index contributed by atoms with van der Waals surface area (Å²) in [4.78, 5) is 13.3. The van der Waals surface area contributed by atoms with E-state index in [1.54, 1.807) is 54.6 Å². The summed E-state index contributed by atoms with van der Waals surface area (Å²) in [5.74, 6) is 0.908. The Morgan fingerprint density at radius 2 is 1.85 bits per heavy atom. The first-order valence-electron chi connectivity index (χ1n) is 10.8. The highest BCUT2D eigenvalue weighted by Crippen LogP contribution is 2.38. The van der Waals surface area contributed by atoms with Crippen LogP contribution in [0.3, 0.4) is 0 Å². The van der Waals surface area contributed by atoms with Gasteiger partial charge in [-0.05, 0) is 67.9 Å². The summed E-state index contributed by atoms with van der Waals surface area (Å²) in [7, 11) is -2.47. The van der Waals surface area contributed by atoms with Crippen molar-refractivity contribution in [3.05, 3.63) is 72.3 Å². The molecule has 3 aromatic rings. The minimum absolute atomic E-state index is 0.0857. The van der Waals surface area contributed by atoms with Crippen molar-refractivity contribution in [1.29, 1.82) is 0 Å². The summed E-state index contributed by atoms with van der Waals surface area (Å²) in [6.07, 6.45) is -1.07. The summed E-state index contributed by atoms with van der Waals surface area (Å²) < 4.78 is 45.1. The number of sulfonamides is 1. The number of nitrogens with zero attached hydrogens (tertiary/aromatic N) is 1. The maximum absolute atomic E-state index is 13.6. The van der Waals surface area contributed by atoms with Crippen molar-refractivity contribution >= 4 is 27.3 Å². The predicted octanol–water partition coefficient (Wildman–Crippen LogP) is 4.00. The molecule has 1 amide bonds. The van der Waals surface area contributed by atoms with Crippen LogP contribution in [-0.2, 0) is 14.8 Å². The lowest BCUT2D eigenvalue weighted by atomic mass is 10.1. The number of methoxy groups -OCH3 is 1. The number of carbonyl (C=O) groups is 1. The van der Waals surface area contributed by atoms with Crippen LogP contribution in [0, 0.1) is 6.92 Å². The van der Waals surface area contributed by atoms with Gasteiger partial charge in [-0.2, -0.15) is 0 Å². The number of hydrogen-bond acceptors (Lipinski definition) is 6. The Labute approximate surface area is 199 Å². The van der Waals surface area contributed by atoms with Crippen LogP contribution in [-0.4, -0.2) is 40.7 Å². The summed E-state index contributed by atoms with van der Waals surface area (Å²) in [6, 6.07) is 18.4. The Kier molecular flexibility index (Phi) is 6.65. The molecule has 34 heavy (non-hydrogen) atoms. The number of fused-ring (bicyclic) bond motifs is 1. The average molecular weight is 483 g/mol. The fraction of sp³-hybridized carbons (Fsp3) is 0.240. The lowest BCUT2D eigenvalue weighted by Crippen LogP contribution is -2.48. The van der Waals surface area contributed by atoms with Crippen LogP contribution in [0.2, 0.25) is 0 Å². The molecular weight excluding hydrogens is 456 g/mol. The zero-order chi connectivity index (χ0) is 24.3. The molecule has 8 nitrogen and oxygen atoms in total. The van der Waals surface area contributed by atoms with Gasteiger partial charge in [0, 0.05) is 0 Å². The highest BCUT2D eigenvalue weighted by Gasteiger charge is 2.38. The van der Waals surface area contributed by atoms with Gasteiger partial charge in [-0.3, -0.25) is 9.10 Å². The standard InChI is InChI=1S/C25H26N2O6S/c1-4-32-22-8-6-5-7-20(22)26-25(28)24-16-27(21-14-9-17(2)15-23(21)33-24)34(29,30)19-12-10-18(31-3)11-13-19/h5-15,24H,4,16H2,1-3H3,(H,26,28)/t24-/m0/s1. The van der Waals surface area contributed by atoms with E-state index in [2.05, 4.69) is 5.32 Å². The van der Waals surface area contributed by atoms with Crippen LogP contribution in [0.15, 0.2) is 71.6 Å². The number of anilines is 2. The number of benzene rings is 3. The second-order valence-electron chi connectivity index (χ2n) is 7.71. The minimum atomic E-state index is -3.98. The van der Waals surface area contributed by atoms with Gasteiger partial charge in [0.05, 0.1) is 36.5 Å². The third-order valence-electron chi connectivity index (χ3n) is 5.37. The van der Waals surface area contributed by atoms with Crippen LogP contribution < -0.4 is 23.8 Å². The monoisotopic (exact) mass is 482 g/mol. The fourth-order valence-electron chi connectivity index (χ4n) is 3.66. The first-order valence-corrected chi connectivity index (χ1v) is 12.2. The van der Waals surface area contributed by atoms with E-state index in [0.29, 0.717) is 35.2 Å². The lowest BCUT2D eigenvalue weighted by Gasteiger charge is -2.35. The first kappa shape index (κ1) is 23.4. The molecular formula is C25H26N2O6S. The SMILES string of the molecule is CCOc1ccccc1NC(=O)[C@@H]1CN(S(=O)(=O)c2ccc(OC)cc2)c2ccc(C)cc2O1. The molecule has 9 heteroatoms. The number of amides is 1. The second kappa shape index (κ2) is 9.64. The van der Waals surface area contributed by atoms with Crippen molar-refractivity contribution < 1.29 is 27.4 Å². The van der Waals surface area contributed by atoms with E-state index in [4.69, 9.17) is 14.2 Å². The van der Waals surface area contributed by atoms with E-state index in [-0.39, 0.29) is 11.4 Å². The number of nitrogens with one attached hydrogen (secondary N) is 1. The van der Waals surface area contributed by atoms with Gasteiger partial charge in [-0.1, -0.05) is 18.2 Å². The molecule has 0 saturated carbocycles. The Morgan fingerprint density at radius 3 is 2.56 bits per heavy atom. The van der Waals surface area contributed by atoms with Gasteiger partial charge in [-0.25, -0.2) is 8.42 Å². The first-order chi connectivity index (χ1) is 16.3. The third kappa shape index (κ3) is 4.65. The molecule has 0 saturated heterocycles. The predicted molar refractivity (Wildman–Crippen MR) is 129 cm³/mol. The molecule has 178 valence electrons. The molecule has 0 bridgehead atoms. The molecule has 1 aliphatic heterocycles. The Morgan fingerprint density at radius 1 is 1.12 bits per heavy atom. The van der Waals surface area contributed by atoms with Crippen molar-refractivity contribution in [1.82, 2.24) is 0 Å². The molecule has 1 N–H and O–H groups in total. The van der Waals surface area contributed by atoms with Gasteiger partial charge >= 0.3 is 0 Å². The van der Waals surface area contributed by atoms with Crippen LogP contribution in [0.25, 0.3) is 0 Å². The van der Waals surface area contributed by atoms with Crippen molar-refractivity contribution in [2.45, 2.75) is 24.8 Å². The largest absolute Gasteiger partial charge is 0.497 e. The number of hydrogen-bond donors (Lipinski definition) is 1. The van der Waals surface area contributed by atoms with Crippen molar-refractivity contribution in [3.63, 3.8) is 0 Å². The van der Waals surface area contributed by atoms with Gasteiger partial charge in [-0.15, -0.1) is 0 Å². The van der Waals surface area contributed by atoms with E-state index in [9.17, 15) is 13.2 Å². The summed E-state index contributed by atoms with van der Waals surface area (Å²) >= 11 is 0. The number of aryl methyl sites for hydroxylation is 1. The molecule has 0 aromatic heterocycles. The maximum atomic E-state index is 13.6. The topological polar surface area (TPSA) is 94.2 Å². The molecule has 1 atom stereocenters. The van der Waals surface area contributed by atoms with Gasteiger partial charge in [0.15, 0.2) is 6.10 Å². The van der Waals surface area contributed by atoms with Crippen molar-refractivity contribution in [2.24, 2.45) is 0 Å². The molecule has 4 rings (SSSR count). The van der Waals surface area contributed by atoms with E-state index < -0.39 is 22.0 Å². The van der Waals surface area contributed by atoms with E-state index in [0.717, 1.165) is 5.56 Å². The third-order valence-corrected chi connectivity index (χ3v) is 7.16. The van der Waals surface area contributed by atoms with Crippen LogP contribution in [0.1, 0.15) is 12.5 Å². The Hall–Kier alpha value is -3.72. The van der Waals surface area contributed by atoms with E-state index in [1.165, 1.54) is 23.5 Å². The highest BCUT2D eigenvalue weighted by atomic mass is 32.2. The zero-order valence-corrected chi connectivity index (χ0v) is 20.0. The van der Waals surface area contributed by atoms with E-state index in [1.807, 2.05) is 13.8 Å². The van der Waals surface area contributed by atoms with Gasteiger partial charge in [0.25, 0.3) is 15.9 Å². The number of para-hydroxylation sites is 2. The van der Waals surface area contributed by atoms with Crippen LogP contribution in [0.5, 0.6) is 17.2 Å². The quantitative estimate of drug-likeness (QED) is 0.547. The smallest absolute Gasteiger partial charge is 0.267 e. The maximum Gasteiger partial charge on any atom is 0.267 e. The Balaban J connectivity index is 1.67. The number of ether oxygens (including phenoxy) is 3. The zero-order valence-electron chi connectivity index (χ0n) is 19.1. The summed E-state index contributed by atoms with van der Waals surface area (Å²) in [5, 5.41) is 2.81. The molecule has 0 aliphatic carbocycles. The van der Waals surface area contributed by atoms with Crippen molar-refractivity contribution in [3.8, 4) is 17.2 Å². The van der Waals surface area contributed by atoms with Gasteiger partial charge in [0.1, 0.15) is 17.2 Å². The molecule has 1 heterocycles. The second-order valence-corrected chi connectivity index (χ2v) is 9.57.